The molecule has 2 aromatic carbocycles. The summed E-state index contributed by atoms with van der Waals surface area (Å²) < 4.78 is 27.8. The van der Waals surface area contributed by atoms with Gasteiger partial charge in [-0.05, 0) is 36.8 Å². The van der Waals surface area contributed by atoms with Crippen molar-refractivity contribution in [2.75, 3.05) is 18.5 Å². The van der Waals surface area contributed by atoms with Gasteiger partial charge in [0.25, 0.3) is 5.56 Å². The number of hydrogen-bond donors (Lipinski definition) is 2. The zero-order valence-corrected chi connectivity index (χ0v) is 18.1. The zero-order chi connectivity index (χ0) is 23.2. The van der Waals surface area contributed by atoms with E-state index in [1.54, 1.807) is 18.3 Å². The molecule has 0 bridgehead atoms. The van der Waals surface area contributed by atoms with Crippen molar-refractivity contribution in [3.05, 3.63) is 76.6 Å². The van der Waals surface area contributed by atoms with E-state index in [9.17, 15) is 9.18 Å². The molecule has 0 spiro atoms. The highest BCUT2D eigenvalue weighted by Crippen LogP contribution is 2.31. The number of aryl methyl sites for hydroxylation is 1. The van der Waals surface area contributed by atoms with E-state index >= 15 is 0 Å². The van der Waals surface area contributed by atoms with Crippen molar-refractivity contribution in [1.29, 1.82) is 0 Å². The molecule has 0 aliphatic carbocycles. The summed E-state index contributed by atoms with van der Waals surface area (Å²) in [6.45, 7) is 2.57. The van der Waals surface area contributed by atoms with Gasteiger partial charge in [-0.2, -0.15) is 10.1 Å². The number of nitrogens with one attached hydrogen (secondary N) is 2. The van der Waals surface area contributed by atoms with Gasteiger partial charge in [0.2, 0.25) is 5.95 Å². The molecular formula is C24H19FN6O3. The number of nitrogens with zero attached hydrogens (tertiary/aromatic N) is 4. The van der Waals surface area contributed by atoms with Crippen LogP contribution >= 0.6 is 0 Å². The van der Waals surface area contributed by atoms with Crippen LogP contribution in [0.25, 0.3) is 27.6 Å². The summed E-state index contributed by atoms with van der Waals surface area (Å²) in [7, 11) is 0. The molecule has 0 unspecified atom stereocenters. The van der Waals surface area contributed by atoms with E-state index in [0.29, 0.717) is 40.9 Å². The average molecular weight is 458 g/mol. The lowest BCUT2D eigenvalue weighted by Gasteiger charge is -2.26. The predicted molar refractivity (Wildman–Crippen MR) is 124 cm³/mol. The second kappa shape index (κ2) is 7.84. The van der Waals surface area contributed by atoms with Crippen LogP contribution in [0.4, 0.5) is 10.3 Å². The average Bonchev–Trinajstić information content (AvgIpc) is 3.35. The molecule has 9 nitrogen and oxygen atoms in total. The van der Waals surface area contributed by atoms with Crippen molar-refractivity contribution in [2.45, 2.75) is 13.0 Å². The summed E-state index contributed by atoms with van der Waals surface area (Å²) in [4.78, 5) is 22.3. The molecule has 0 saturated heterocycles. The van der Waals surface area contributed by atoms with Crippen LogP contribution in [0.1, 0.15) is 5.56 Å². The van der Waals surface area contributed by atoms with Crippen molar-refractivity contribution in [3.8, 4) is 17.2 Å². The molecule has 5 aromatic rings. The molecule has 6 rings (SSSR count). The standard InChI is InChI=1S/C24H19FN6O3/c1-13-6-7-17(25)18(8-13)31-22-15(21-16(23(31)32)11-28-30-21)10-27-24(29-22)26-9-14-12-33-19-4-2-3-5-20(19)34-14/h2-8,10-11,14H,9,12H2,1H3,(H,28,30)(H,26,27,29)/t14-/m0/s1. The van der Waals surface area contributed by atoms with Gasteiger partial charge < -0.3 is 14.8 Å². The van der Waals surface area contributed by atoms with Crippen LogP contribution < -0.4 is 20.3 Å². The second-order valence-corrected chi connectivity index (χ2v) is 8.05. The number of rotatable bonds is 4. The Kier molecular flexibility index (Phi) is 4.65. The van der Waals surface area contributed by atoms with E-state index in [1.807, 2.05) is 31.2 Å². The fourth-order valence-electron chi connectivity index (χ4n) is 4.06. The van der Waals surface area contributed by atoms with Gasteiger partial charge in [0.15, 0.2) is 17.1 Å². The summed E-state index contributed by atoms with van der Waals surface area (Å²) >= 11 is 0. The first-order valence-electron chi connectivity index (χ1n) is 10.7. The maximum absolute atomic E-state index is 14.8. The molecule has 1 aliphatic rings. The monoisotopic (exact) mass is 458 g/mol. The Morgan fingerprint density at radius 1 is 1.21 bits per heavy atom. The third kappa shape index (κ3) is 3.31. The second-order valence-electron chi connectivity index (χ2n) is 8.05. The molecule has 0 saturated carbocycles. The van der Waals surface area contributed by atoms with Crippen LogP contribution in [0.2, 0.25) is 0 Å². The maximum atomic E-state index is 14.8. The smallest absolute Gasteiger partial charge is 0.267 e. The molecule has 4 heterocycles. The minimum Gasteiger partial charge on any atom is -0.486 e. The van der Waals surface area contributed by atoms with Crippen molar-refractivity contribution >= 4 is 27.9 Å². The number of halogens is 1. The van der Waals surface area contributed by atoms with Crippen molar-refractivity contribution in [1.82, 2.24) is 24.7 Å². The number of ether oxygens (including phenoxy) is 2. The van der Waals surface area contributed by atoms with E-state index in [0.717, 1.165) is 5.56 Å². The lowest BCUT2D eigenvalue weighted by atomic mass is 10.2. The predicted octanol–water partition coefficient (Wildman–Crippen LogP) is 3.36. The Morgan fingerprint density at radius 3 is 2.94 bits per heavy atom. The summed E-state index contributed by atoms with van der Waals surface area (Å²) in [5.74, 6) is 1.11. The van der Waals surface area contributed by atoms with E-state index in [1.165, 1.54) is 16.8 Å². The molecule has 2 N–H and O–H groups in total. The van der Waals surface area contributed by atoms with Crippen LogP contribution in [-0.2, 0) is 0 Å². The molecule has 0 radical (unpaired) electrons. The highest BCUT2D eigenvalue weighted by atomic mass is 19.1. The summed E-state index contributed by atoms with van der Waals surface area (Å²) in [5.41, 5.74) is 1.18. The fraction of sp³-hybridized carbons (Fsp3) is 0.167. The number of H-pyrrole nitrogens is 1. The van der Waals surface area contributed by atoms with Crippen molar-refractivity contribution < 1.29 is 13.9 Å². The van der Waals surface area contributed by atoms with Gasteiger partial charge in [-0.1, -0.05) is 18.2 Å². The van der Waals surface area contributed by atoms with Crippen LogP contribution in [0, 0.1) is 12.7 Å². The highest BCUT2D eigenvalue weighted by molar-refractivity contribution is 6.02. The maximum Gasteiger partial charge on any atom is 0.267 e. The Labute approximate surface area is 192 Å². The Morgan fingerprint density at radius 2 is 2.06 bits per heavy atom. The summed E-state index contributed by atoms with van der Waals surface area (Å²) in [6, 6.07) is 12.1. The molecule has 10 heteroatoms. The van der Waals surface area contributed by atoms with Crippen LogP contribution in [0.3, 0.4) is 0 Å². The number of hydrogen-bond acceptors (Lipinski definition) is 7. The number of pyridine rings is 1. The number of aromatic nitrogens is 5. The van der Waals surface area contributed by atoms with Gasteiger partial charge in [-0.15, -0.1) is 0 Å². The SMILES string of the molecule is Cc1ccc(F)c(-n2c(=O)c3c[nH]nc3c3cnc(NC[C@H]4COc5ccccc5O4)nc32)c1. The Bertz CT molecular complexity index is 1610. The molecule has 170 valence electrons. The largest absolute Gasteiger partial charge is 0.486 e. The minimum atomic E-state index is -0.531. The van der Waals surface area contributed by atoms with Gasteiger partial charge in [-0.25, -0.2) is 9.37 Å². The molecule has 0 amide bonds. The number of anilines is 1. The van der Waals surface area contributed by atoms with Crippen molar-refractivity contribution in [3.63, 3.8) is 0 Å². The number of aromatic amines is 1. The first kappa shape index (κ1) is 20.2. The number of benzene rings is 2. The molecule has 1 aliphatic heterocycles. The Hall–Kier alpha value is -4.47. The molecule has 0 fully saturated rings. The summed E-state index contributed by atoms with van der Waals surface area (Å²) in [6.07, 6.45) is 2.80. The molecule has 3 aromatic heterocycles. The van der Waals surface area contributed by atoms with Crippen LogP contribution in [-0.4, -0.2) is 44.0 Å². The fourth-order valence-corrected chi connectivity index (χ4v) is 4.06. The van der Waals surface area contributed by atoms with E-state index in [-0.39, 0.29) is 23.4 Å². The van der Waals surface area contributed by atoms with E-state index in [2.05, 4.69) is 25.5 Å². The first-order valence-corrected chi connectivity index (χ1v) is 10.7. The molecule has 34 heavy (non-hydrogen) atoms. The normalized spacial score (nSPS) is 15.1. The van der Waals surface area contributed by atoms with Gasteiger partial charge in [0.05, 0.1) is 23.0 Å². The van der Waals surface area contributed by atoms with Gasteiger partial charge in [-0.3, -0.25) is 14.5 Å². The van der Waals surface area contributed by atoms with E-state index in [4.69, 9.17) is 9.47 Å². The first-order chi connectivity index (χ1) is 16.6. The van der Waals surface area contributed by atoms with Gasteiger partial charge in [0, 0.05) is 12.4 Å². The van der Waals surface area contributed by atoms with Gasteiger partial charge in [0.1, 0.15) is 24.0 Å². The molecule has 1 atom stereocenters. The van der Waals surface area contributed by atoms with E-state index < -0.39 is 11.4 Å². The summed E-state index contributed by atoms with van der Waals surface area (Å²) in [5, 5.41) is 10.9. The highest BCUT2D eigenvalue weighted by Gasteiger charge is 2.22. The minimum absolute atomic E-state index is 0.114. The quantitative estimate of drug-likeness (QED) is 0.425. The third-order valence-electron chi connectivity index (χ3n) is 5.71. The lowest BCUT2D eigenvalue weighted by molar-refractivity contribution is 0.0996. The molecular weight excluding hydrogens is 439 g/mol. The van der Waals surface area contributed by atoms with Crippen molar-refractivity contribution in [2.24, 2.45) is 0 Å². The lowest BCUT2D eigenvalue weighted by Crippen LogP contribution is -2.35. The number of fused-ring (bicyclic) bond motifs is 4. The Balaban J connectivity index is 1.40. The topological polar surface area (TPSA) is 107 Å². The zero-order valence-electron chi connectivity index (χ0n) is 18.1. The number of para-hydroxylation sites is 2. The van der Waals surface area contributed by atoms with Gasteiger partial charge >= 0.3 is 0 Å². The third-order valence-corrected chi connectivity index (χ3v) is 5.71. The van der Waals surface area contributed by atoms with Crippen LogP contribution in [0.5, 0.6) is 11.5 Å². The van der Waals surface area contributed by atoms with Crippen LogP contribution in [0.15, 0.2) is 59.7 Å².